The van der Waals surface area contributed by atoms with Gasteiger partial charge in [-0.1, -0.05) is 60.7 Å². The van der Waals surface area contributed by atoms with E-state index in [4.69, 9.17) is 14.9 Å². The molecule has 34 heavy (non-hydrogen) atoms. The van der Waals surface area contributed by atoms with Gasteiger partial charge in [-0.3, -0.25) is 5.41 Å². The van der Waals surface area contributed by atoms with Crippen LogP contribution in [-0.4, -0.2) is 20.1 Å². The van der Waals surface area contributed by atoms with Crippen LogP contribution in [0.15, 0.2) is 109 Å². The molecule has 0 amide bonds. The molecule has 0 saturated carbocycles. The summed E-state index contributed by atoms with van der Waals surface area (Å²) < 4.78 is 11.7. The van der Waals surface area contributed by atoms with E-state index in [9.17, 15) is 0 Å². The van der Waals surface area contributed by atoms with E-state index < -0.39 is 0 Å². The number of anilines is 2. The Bertz CT molecular complexity index is 1080. The molecular formula is C29H29N3O2. The fraction of sp³-hybridized carbons (Fsp3) is 0.138. The summed E-state index contributed by atoms with van der Waals surface area (Å²) in [7, 11) is 3.77. The van der Waals surface area contributed by atoms with Crippen molar-refractivity contribution in [2.75, 3.05) is 23.9 Å². The number of hydrogen-bond donors (Lipinski definition) is 1. The Hall–Kier alpha value is -4.25. The third-order valence-electron chi connectivity index (χ3n) is 5.58. The highest BCUT2D eigenvalue weighted by atomic mass is 16.5. The van der Waals surface area contributed by atoms with Crippen LogP contribution in [0, 0.1) is 5.41 Å². The normalized spacial score (nSPS) is 10.4. The average molecular weight is 452 g/mol. The zero-order chi connectivity index (χ0) is 23.8. The average Bonchev–Trinajstić information content (AvgIpc) is 2.91. The minimum atomic E-state index is 0.357. The van der Waals surface area contributed by atoms with Crippen molar-refractivity contribution < 1.29 is 9.47 Å². The molecule has 0 unspecified atom stereocenters. The second-order valence-electron chi connectivity index (χ2n) is 7.98. The van der Waals surface area contributed by atoms with E-state index in [1.165, 1.54) is 0 Å². The Morgan fingerprint density at radius 2 is 0.912 bits per heavy atom. The van der Waals surface area contributed by atoms with Crippen molar-refractivity contribution in [3.05, 3.63) is 120 Å². The Kier molecular flexibility index (Phi) is 7.45. The summed E-state index contributed by atoms with van der Waals surface area (Å²) in [5.74, 6) is 1.95. The molecule has 0 atom stereocenters. The maximum absolute atomic E-state index is 8.66. The molecule has 0 aliphatic heterocycles. The first-order valence-corrected chi connectivity index (χ1v) is 11.2. The van der Waals surface area contributed by atoms with Crippen LogP contribution in [0.5, 0.6) is 11.5 Å². The molecule has 4 aromatic carbocycles. The van der Waals surface area contributed by atoms with E-state index in [1.807, 2.05) is 133 Å². The van der Waals surface area contributed by atoms with Gasteiger partial charge in [-0.2, -0.15) is 0 Å². The van der Waals surface area contributed by atoms with Crippen LogP contribution < -0.4 is 19.3 Å². The standard InChI is InChI=1S/C29H29N3O2/c1-31(25-13-17-27(18-14-25)33-21-23-9-5-3-6-10-23)29(30)32(2)26-15-19-28(20-16-26)34-22-24-11-7-4-8-12-24/h3-20,30H,21-22H2,1-2H3. The first kappa shape index (κ1) is 22.9. The number of ether oxygens (including phenoxy) is 2. The van der Waals surface area contributed by atoms with Crippen molar-refractivity contribution in [3.63, 3.8) is 0 Å². The molecule has 0 saturated heterocycles. The quantitative estimate of drug-likeness (QED) is 0.250. The molecule has 0 aromatic heterocycles. The second kappa shape index (κ2) is 11.1. The van der Waals surface area contributed by atoms with Gasteiger partial charge >= 0.3 is 0 Å². The van der Waals surface area contributed by atoms with Crippen molar-refractivity contribution >= 4 is 17.3 Å². The molecular weight excluding hydrogens is 422 g/mol. The molecule has 5 heteroatoms. The van der Waals surface area contributed by atoms with Gasteiger partial charge in [0.05, 0.1) is 0 Å². The lowest BCUT2D eigenvalue weighted by molar-refractivity contribution is 0.306. The zero-order valence-electron chi connectivity index (χ0n) is 19.5. The Labute approximate surface area is 201 Å². The van der Waals surface area contributed by atoms with Crippen molar-refractivity contribution in [2.45, 2.75) is 13.2 Å². The highest BCUT2D eigenvalue weighted by Crippen LogP contribution is 2.23. The number of benzene rings is 4. The van der Waals surface area contributed by atoms with Crippen LogP contribution in [0.2, 0.25) is 0 Å². The summed E-state index contributed by atoms with van der Waals surface area (Å²) in [5, 5.41) is 8.66. The lowest BCUT2D eigenvalue weighted by Gasteiger charge is -2.28. The van der Waals surface area contributed by atoms with E-state index in [-0.39, 0.29) is 0 Å². The molecule has 172 valence electrons. The minimum Gasteiger partial charge on any atom is -0.489 e. The van der Waals surface area contributed by atoms with Gasteiger partial charge in [-0.05, 0) is 59.7 Å². The smallest absolute Gasteiger partial charge is 0.202 e. The van der Waals surface area contributed by atoms with Crippen LogP contribution in [0.4, 0.5) is 11.4 Å². The summed E-state index contributed by atoms with van der Waals surface area (Å²) in [4.78, 5) is 3.67. The van der Waals surface area contributed by atoms with Crippen molar-refractivity contribution in [1.82, 2.24) is 0 Å². The molecule has 4 rings (SSSR count). The second-order valence-corrected chi connectivity index (χ2v) is 7.98. The number of guanidine groups is 1. The van der Waals surface area contributed by atoms with Gasteiger partial charge in [0.15, 0.2) is 0 Å². The van der Waals surface area contributed by atoms with Crippen molar-refractivity contribution in [3.8, 4) is 11.5 Å². The van der Waals surface area contributed by atoms with Crippen LogP contribution in [0.1, 0.15) is 11.1 Å². The topological polar surface area (TPSA) is 48.8 Å². The Balaban J connectivity index is 1.32. The monoisotopic (exact) mass is 451 g/mol. The molecule has 0 aliphatic carbocycles. The van der Waals surface area contributed by atoms with Gasteiger partial charge in [-0.15, -0.1) is 0 Å². The molecule has 0 aliphatic rings. The third kappa shape index (κ3) is 5.95. The minimum absolute atomic E-state index is 0.357. The number of hydrogen-bond acceptors (Lipinski definition) is 3. The van der Waals surface area contributed by atoms with Gasteiger partial charge in [0.1, 0.15) is 24.7 Å². The van der Waals surface area contributed by atoms with Crippen molar-refractivity contribution in [2.24, 2.45) is 0 Å². The summed E-state index contributed by atoms with van der Waals surface area (Å²) in [6.07, 6.45) is 0. The number of rotatable bonds is 8. The van der Waals surface area contributed by atoms with E-state index >= 15 is 0 Å². The molecule has 4 aromatic rings. The number of nitrogens with zero attached hydrogens (tertiary/aromatic N) is 2. The van der Waals surface area contributed by atoms with Crippen LogP contribution in [-0.2, 0) is 13.2 Å². The molecule has 5 nitrogen and oxygen atoms in total. The maximum Gasteiger partial charge on any atom is 0.202 e. The summed E-state index contributed by atoms with van der Waals surface area (Å²) in [5.41, 5.74) is 4.07. The maximum atomic E-state index is 8.66. The number of nitrogens with one attached hydrogen (secondary N) is 1. The van der Waals surface area contributed by atoms with E-state index in [1.54, 1.807) is 0 Å². The molecule has 0 bridgehead atoms. The van der Waals surface area contributed by atoms with Crippen LogP contribution in [0.25, 0.3) is 0 Å². The first-order valence-electron chi connectivity index (χ1n) is 11.2. The Morgan fingerprint density at radius 1 is 0.559 bits per heavy atom. The summed E-state index contributed by atoms with van der Waals surface area (Å²) in [6, 6.07) is 35.7. The fourth-order valence-corrected chi connectivity index (χ4v) is 3.48. The van der Waals surface area contributed by atoms with Gasteiger partial charge in [0, 0.05) is 25.5 Å². The van der Waals surface area contributed by atoms with Crippen LogP contribution in [0.3, 0.4) is 0 Å². The molecule has 0 radical (unpaired) electrons. The highest BCUT2D eigenvalue weighted by Gasteiger charge is 2.14. The SMILES string of the molecule is CN(C(=N)N(C)c1ccc(OCc2ccccc2)cc1)c1ccc(OCc2ccccc2)cc1. The Morgan fingerprint density at radius 3 is 1.26 bits per heavy atom. The zero-order valence-corrected chi connectivity index (χ0v) is 19.5. The molecule has 0 fully saturated rings. The van der Waals surface area contributed by atoms with Gasteiger partial charge in [0.2, 0.25) is 5.96 Å². The summed E-state index contributed by atoms with van der Waals surface area (Å²) >= 11 is 0. The van der Waals surface area contributed by atoms with Gasteiger partial charge in [0.25, 0.3) is 0 Å². The third-order valence-corrected chi connectivity index (χ3v) is 5.58. The highest BCUT2D eigenvalue weighted by molar-refractivity contribution is 6.04. The first-order chi connectivity index (χ1) is 16.6. The fourth-order valence-electron chi connectivity index (χ4n) is 3.48. The largest absolute Gasteiger partial charge is 0.489 e. The molecule has 0 spiro atoms. The predicted molar refractivity (Wildman–Crippen MR) is 139 cm³/mol. The van der Waals surface area contributed by atoms with E-state index in [2.05, 4.69) is 0 Å². The molecule has 0 heterocycles. The van der Waals surface area contributed by atoms with Gasteiger partial charge < -0.3 is 19.3 Å². The lowest BCUT2D eigenvalue weighted by Crippen LogP contribution is -2.39. The lowest BCUT2D eigenvalue weighted by atomic mass is 10.2. The molecule has 1 N–H and O–H groups in total. The summed E-state index contributed by atoms with van der Waals surface area (Å²) in [6.45, 7) is 1.05. The predicted octanol–water partition coefficient (Wildman–Crippen LogP) is 6.35. The van der Waals surface area contributed by atoms with E-state index in [0.29, 0.717) is 19.2 Å². The van der Waals surface area contributed by atoms with Crippen molar-refractivity contribution in [1.29, 1.82) is 5.41 Å². The van der Waals surface area contributed by atoms with Crippen LogP contribution >= 0.6 is 0 Å². The van der Waals surface area contributed by atoms with E-state index in [0.717, 1.165) is 34.0 Å². The van der Waals surface area contributed by atoms with Gasteiger partial charge in [-0.25, -0.2) is 0 Å².